The van der Waals surface area contributed by atoms with Crippen LogP contribution in [-0.4, -0.2) is 31.1 Å². The van der Waals surface area contributed by atoms with Crippen LogP contribution < -0.4 is 5.32 Å². The van der Waals surface area contributed by atoms with Crippen molar-refractivity contribution in [2.75, 3.05) is 20.6 Å². The van der Waals surface area contributed by atoms with Crippen LogP contribution in [-0.2, 0) is 0 Å². The van der Waals surface area contributed by atoms with E-state index < -0.39 is 0 Å². The van der Waals surface area contributed by atoms with Crippen LogP contribution in [0.5, 0.6) is 0 Å². The third kappa shape index (κ3) is 3.80. The molecule has 0 aliphatic carbocycles. The Bertz CT molecular complexity index is 411. The molecule has 0 fully saturated rings. The fraction of sp³-hybridized carbons (Fsp3) is 0.647. The summed E-state index contributed by atoms with van der Waals surface area (Å²) in [4.78, 5) is 2.24. The van der Waals surface area contributed by atoms with Crippen LogP contribution in [0.25, 0.3) is 0 Å². The van der Waals surface area contributed by atoms with Crippen molar-refractivity contribution >= 4 is 0 Å². The van der Waals surface area contributed by atoms with Gasteiger partial charge in [-0.3, -0.25) is 0 Å². The fourth-order valence-electron chi connectivity index (χ4n) is 2.70. The summed E-state index contributed by atoms with van der Waals surface area (Å²) in [5, 5.41) is 3.60. The molecule has 114 valence electrons. The van der Waals surface area contributed by atoms with E-state index in [2.05, 4.69) is 51.1 Å². The van der Waals surface area contributed by atoms with Crippen molar-refractivity contribution in [3.05, 3.63) is 35.1 Å². The molecule has 1 N–H and O–H groups in total. The summed E-state index contributed by atoms with van der Waals surface area (Å²) in [7, 11) is 4.19. The van der Waals surface area contributed by atoms with Gasteiger partial charge in [-0.25, -0.2) is 4.39 Å². The van der Waals surface area contributed by atoms with Crippen molar-refractivity contribution in [1.29, 1.82) is 0 Å². The molecule has 1 aromatic rings. The number of aryl methyl sites for hydroxylation is 1. The minimum Gasteiger partial charge on any atom is -0.308 e. The van der Waals surface area contributed by atoms with Gasteiger partial charge in [0.25, 0.3) is 0 Å². The maximum Gasteiger partial charge on any atom is 0.123 e. The Morgan fingerprint density at radius 2 is 1.90 bits per heavy atom. The molecule has 0 bridgehead atoms. The molecular weight excluding hydrogens is 251 g/mol. The lowest BCUT2D eigenvalue weighted by atomic mass is 9.83. The highest BCUT2D eigenvalue weighted by molar-refractivity contribution is 5.29. The fourth-order valence-corrected chi connectivity index (χ4v) is 2.70. The molecule has 0 heterocycles. The van der Waals surface area contributed by atoms with E-state index in [-0.39, 0.29) is 17.4 Å². The predicted octanol–water partition coefficient (Wildman–Crippen LogP) is 3.91. The summed E-state index contributed by atoms with van der Waals surface area (Å²) in [6, 6.07) is 5.46. The van der Waals surface area contributed by atoms with Crippen molar-refractivity contribution in [2.45, 2.75) is 52.1 Å². The van der Waals surface area contributed by atoms with Gasteiger partial charge in [-0.1, -0.05) is 19.9 Å². The van der Waals surface area contributed by atoms with Gasteiger partial charge in [0.1, 0.15) is 5.82 Å². The highest BCUT2D eigenvalue weighted by atomic mass is 19.1. The quantitative estimate of drug-likeness (QED) is 0.815. The van der Waals surface area contributed by atoms with E-state index in [0.717, 1.165) is 30.5 Å². The molecule has 2 nitrogen and oxygen atoms in total. The number of rotatable bonds is 7. The van der Waals surface area contributed by atoms with Crippen molar-refractivity contribution in [3.63, 3.8) is 0 Å². The Kier molecular flexibility index (Phi) is 6.15. The number of halogens is 1. The number of nitrogens with one attached hydrogen (secondary N) is 1. The second-order valence-electron chi connectivity index (χ2n) is 6.05. The first kappa shape index (κ1) is 17.1. The van der Waals surface area contributed by atoms with Gasteiger partial charge in [0.15, 0.2) is 0 Å². The Balaban J connectivity index is 3.23. The van der Waals surface area contributed by atoms with Crippen LogP contribution in [0.4, 0.5) is 4.39 Å². The van der Waals surface area contributed by atoms with Crippen LogP contribution in [0.2, 0.25) is 0 Å². The van der Waals surface area contributed by atoms with Crippen LogP contribution >= 0.6 is 0 Å². The van der Waals surface area contributed by atoms with E-state index >= 15 is 0 Å². The maximum absolute atomic E-state index is 13.8. The molecular formula is C17H29FN2. The number of benzene rings is 1. The van der Waals surface area contributed by atoms with Crippen molar-refractivity contribution < 1.29 is 4.39 Å². The van der Waals surface area contributed by atoms with Crippen molar-refractivity contribution in [2.24, 2.45) is 0 Å². The normalized spacial score (nSPS) is 16.2. The van der Waals surface area contributed by atoms with Crippen molar-refractivity contribution in [3.8, 4) is 0 Å². The Hall–Kier alpha value is -0.930. The summed E-state index contributed by atoms with van der Waals surface area (Å²) < 4.78 is 13.8. The van der Waals surface area contributed by atoms with Gasteiger partial charge in [0.2, 0.25) is 0 Å². The molecule has 0 saturated heterocycles. The first-order chi connectivity index (χ1) is 9.35. The Morgan fingerprint density at radius 1 is 1.25 bits per heavy atom. The third-order valence-electron chi connectivity index (χ3n) is 4.36. The minimum atomic E-state index is -0.152. The topological polar surface area (TPSA) is 15.3 Å². The van der Waals surface area contributed by atoms with Gasteiger partial charge < -0.3 is 10.2 Å². The molecule has 0 aromatic heterocycles. The van der Waals surface area contributed by atoms with E-state index in [4.69, 9.17) is 0 Å². The summed E-state index contributed by atoms with van der Waals surface area (Å²) in [5.41, 5.74) is 1.96. The summed E-state index contributed by atoms with van der Waals surface area (Å²) >= 11 is 0. The van der Waals surface area contributed by atoms with E-state index in [1.807, 2.05) is 6.92 Å². The molecule has 3 heteroatoms. The summed E-state index contributed by atoms with van der Waals surface area (Å²) in [6.07, 6.45) is 2.06. The molecule has 1 aromatic carbocycles. The van der Waals surface area contributed by atoms with Crippen LogP contribution in [0.3, 0.4) is 0 Å². The van der Waals surface area contributed by atoms with Gasteiger partial charge in [0.05, 0.1) is 6.04 Å². The lowest BCUT2D eigenvalue weighted by molar-refractivity contribution is 0.112. The third-order valence-corrected chi connectivity index (χ3v) is 4.36. The van der Waals surface area contributed by atoms with Crippen LogP contribution in [0.1, 0.15) is 50.8 Å². The van der Waals surface area contributed by atoms with Gasteiger partial charge >= 0.3 is 0 Å². The first-order valence-electron chi connectivity index (χ1n) is 7.53. The predicted molar refractivity (Wildman–Crippen MR) is 84.6 cm³/mol. The maximum atomic E-state index is 13.8. The molecule has 0 spiro atoms. The molecule has 2 unspecified atom stereocenters. The zero-order chi connectivity index (χ0) is 15.3. The highest BCUT2D eigenvalue weighted by Gasteiger charge is 2.35. The largest absolute Gasteiger partial charge is 0.308 e. The smallest absolute Gasteiger partial charge is 0.123 e. The second kappa shape index (κ2) is 7.19. The number of hydrogen-bond acceptors (Lipinski definition) is 2. The van der Waals surface area contributed by atoms with Crippen LogP contribution in [0.15, 0.2) is 18.2 Å². The zero-order valence-corrected chi connectivity index (χ0v) is 13.8. The zero-order valence-electron chi connectivity index (χ0n) is 13.8. The van der Waals surface area contributed by atoms with Crippen molar-refractivity contribution in [1.82, 2.24) is 10.2 Å². The van der Waals surface area contributed by atoms with Gasteiger partial charge in [-0.05, 0) is 70.6 Å². The average Bonchev–Trinajstić information content (AvgIpc) is 2.37. The second-order valence-corrected chi connectivity index (χ2v) is 6.05. The monoisotopic (exact) mass is 280 g/mol. The molecule has 0 radical (unpaired) electrons. The standard InChI is InChI=1S/C17H29FN2/c1-7-9-19-16(17(4,8-2)20(5)6)14-10-13(3)11-15(18)12-14/h10-12,16,19H,7-9H2,1-6H3. The van der Waals surface area contributed by atoms with Crippen LogP contribution in [0, 0.1) is 12.7 Å². The molecule has 0 aliphatic heterocycles. The first-order valence-corrected chi connectivity index (χ1v) is 7.53. The van der Waals surface area contributed by atoms with Gasteiger partial charge in [-0.2, -0.15) is 0 Å². The molecule has 1 rings (SSSR count). The number of likely N-dealkylation sites (N-methyl/N-ethyl adjacent to an activating group) is 1. The number of hydrogen-bond donors (Lipinski definition) is 1. The molecule has 0 aliphatic rings. The Labute approximate surface area is 123 Å². The average molecular weight is 280 g/mol. The minimum absolute atomic E-state index is 0.0462. The van der Waals surface area contributed by atoms with Gasteiger partial charge in [0, 0.05) is 5.54 Å². The summed E-state index contributed by atoms with van der Waals surface area (Å²) in [6.45, 7) is 9.46. The molecule has 0 saturated carbocycles. The van der Waals surface area contributed by atoms with Gasteiger partial charge in [-0.15, -0.1) is 0 Å². The molecule has 2 atom stereocenters. The highest BCUT2D eigenvalue weighted by Crippen LogP contribution is 2.33. The lowest BCUT2D eigenvalue weighted by Gasteiger charge is -2.43. The van der Waals surface area contributed by atoms with E-state index in [1.165, 1.54) is 0 Å². The lowest BCUT2D eigenvalue weighted by Crippen LogP contribution is -2.51. The molecule has 0 amide bonds. The van der Waals surface area contributed by atoms with E-state index in [9.17, 15) is 4.39 Å². The van der Waals surface area contributed by atoms with E-state index in [0.29, 0.717) is 0 Å². The Morgan fingerprint density at radius 3 is 2.35 bits per heavy atom. The SMILES string of the molecule is CCCNC(c1cc(C)cc(F)c1)C(C)(CC)N(C)C. The summed E-state index contributed by atoms with van der Waals surface area (Å²) in [5.74, 6) is -0.152. The molecule has 20 heavy (non-hydrogen) atoms. The number of nitrogens with zero attached hydrogens (tertiary/aromatic N) is 1. The van der Waals surface area contributed by atoms with E-state index in [1.54, 1.807) is 12.1 Å².